The Labute approximate surface area is 96.4 Å². The van der Waals surface area contributed by atoms with Crippen LogP contribution in [0, 0.1) is 5.92 Å². The van der Waals surface area contributed by atoms with Gasteiger partial charge in [-0.1, -0.05) is 0 Å². The molecule has 1 aromatic rings. The number of ether oxygens (including phenoxy) is 1. The van der Waals surface area contributed by atoms with Crippen LogP contribution in [0.5, 0.6) is 5.88 Å². The molecule has 88 valence electrons. The minimum atomic E-state index is 0.629. The number of nitrogens with one attached hydrogen (secondary N) is 1. The molecule has 2 rings (SSSR count). The van der Waals surface area contributed by atoms with Gasteiger partial charge in [0.25, 0.3) is 0 Å². The fraction of sp³-hybridized carbons (Fsp3) is 0.667. The summed E-state index contributed by atoms with van der Waals surface area (Å²) in [4.78, 5) is 8.02. The maximum Gasteiger partial charge on any atom is 0.232 e. The van der Waals surface area contributed by atoms with Crippen LogP contribution in [0.3, 0.4) is 0 Å². The highest BCUT2D eigenvalue weighted by Crippen LogP contribution is 2.15. The zero-order valence-corrected chi connectivity index (χ0v) is 9.56. The Balaban J connectivity index is 1.58. The quantitative estimate of drug-likeness (QED) is 0.768. The van der Waals surface area contributed by atoms with Crippen molar-refractivity contribution in [3.8, 4) is 5.88 Å². The van der Waals surface area contributed by atoms with E-state index in [0.29, 0.717) is 5.88 Å². The zero-order chi connectivity index (χ0) is 11.1. The van der Waals surface area contributed by atoms with Crippen molar-refractivity contribution in [1.29, 1.82) is 0 Å². The molecule has 1 saturated heterocycles. The molecule has 1 N–H and O–H groups in total. The predicted octanol–water partition coefficient (Wildman–Crippen LogP) is 1.64. The van der Waals surface area contributed by atoms with E-state index in [9.17, 15) is 0 Å². The number of hydrogen-bond acceptors (Lipinski definition) is 4. The third-order valence-corrected chi connectivity index (χ3v) is 2.95. The molecule has 0 bridgehead atoms. The number of piperidine rings is 1. The van der Waals surface area contributed by atoms with E-state index in [1.165, 1.54) is 32.4 Å². The molecule has 4 heteroatoms. The van der Waals surface area contributed by atoms with Crippen molar-refractivity contribution in [3.63, 3.8) is 0 Å². The second kappa shape index (κ2) is 6.43. The van der Waals surface area contributed by atoms with Crippen LogP contribution >= 0.6 is 0 Å². The summed E-state index contributed by atoms with van der Waals surface area (Å²) in [5.41, 5.74) is 0. The van der Waals surface area contributed by atoms with Crippen LogP contribution in [0.15, 0.2) is 18.6 Å². The molecule has 1 fully saturated rings. The van der Waals surface area contributed by atoms with Crippen molar-refractivity contribution < 1.29 is 4.74 Å². The van der Waals surface area contributed by atoms with Gasteiger partial charge in [-0.3, -0.25) is 4.98 Å². The van der Waals surface area contributed by atoms with E-state index in [-0.39, 0.29) is 0 Å². The number of rotatable bonds is 5. The molecule has 2 heterocycles. The topological polar surface area (TPSA) is 47.0 Å². The van der Waals surface area contributed by atoms with Crippen LogP contribution in [0.1, 0.15) is 25.7 Å². The first-order chi connectivity index (χ1) is 7.95. The van der Waals surface area contributed by atoms with Gasteiger partial charge in [0.1, 0.15) is 0 Å². The summed E-state index contributed by atoms with van der Waals surface area (Å²) in [5, 5.41) is 3.43. The van der Waals surface area contributed by atoms with Crippen LogP contribution in [0.25, 0.3) is 0 Å². The number of hydrogen-bond donors (Lipinski definition) is 1. The third-order valence-electron chi connectivity index (χ3n) is 2.95. The molecular weight excluding hydrogens is 202 g/mol. The Bertz CT molecular complexity index is 286. The van der Waals surface area contributed by atoms with Crippen LogP contribution in [-0.4, -0.2) is 29.7 Å². The van der Waals surface area contributed by atoms with E-state index in [0.717, 1.165) is 18.9 Å². The first-order valence-electron chi connectivity index (χ1n) is 6.04. The SMILES string of the molecule is c1cnc(OCCC[C@@H]2CCCNC2)cn1. The van der Waals surface area contributed by atoms with Gasteiger partial charge in [-0.05, 0) is 44.7 Å². The molecule has 0 saturated carbocycles. The van der Waals surface area contributed by atoms with Crippen molar-refractivity contribution in [2.45, 2.75) is 25.7 Å². The minimum Gasteiger partial charge on any atom is -0.477 e. The molecule has 0 spiro atoms. The Hall–Kier alpha value is -1.16. The van der Waals surface area contributed by atoms with Gasteiger partial charge < -0.3 is 10.1 Å². The lowest BCUT2D eigenvalue weighted by Crippen LogP contribution is -2.29. The molecule has 0 radical (unpaired) electrons. The van der Waals surface area contributed by atoms with Gasteiger partial charge in [0.15, 0.2) is 0 Å². The molecule has 16 heavy (non-hydrogen) atoms. The lowest BCUT2D eigenvalue weighted by molar-refractivity contribution is 0.267. The van der Waals surface area contributed by atoms with Crippen molar-refractivity contribution in [2.75, 3.05) is 19.7 Å². The normalized spacial score (nSPS) is 20.6. The largest absolute Gasteiger partial charge is 0.477 e. The molecule has 0 aliphatic carbocycles. The lowest BCUT2D eigenvalue weighted by Gasteiger charge is -2.22. The fourth-order valence-electron chi connectivity index (χ4n) is 2.08. The maximum absolute atomic E-state index is 5.50. The van der Waals surface area contributed by atoms with E-state index in [1.807, 2.05) is 0 Å². The summed E-state index contributed by atoms with van der Waals surface area (Å²) in [7, 11) is 0. The van der Waals surface area contributed by atoms with Gasteiger partial charge >= 0.3 is 0 Å². The Kier molecular flexibility index (Phi) is 4.55. The Morgan fingerprint density at radius 1 is 1.44 bits per heavy atom. The average Bonchev–Trinajstić information content (AvgIpc) is 2.37. The molecule has 1 atom stereocenters. The standard InChI is InChI=1S/C12H19N3O/c1-3-11(9-13-5-1)4-2-8-16-12-10-14-6-7-15-12/h6-7,10-11,13H,1-5,8-9H2/t11-/m0/s1. The summed E-state index contributed by atoms with van der Waals surface area (Å²) in [6, 6.07) is 0. The van der Waals surface area contributed by atoms with Crippen molar-refractivity contribution in [3.05, 3.63) is 18.6 Å². The minimum absolute atomic E-state index is 0.629. The molecule has 4 nitrogen and oxygen atoms in total. The monoisotopic (exact) mass is 221 g/mol. The predicted molar refractivity (Wildman–Crippen MR) is 62.4 cm³/mol. The highest BCUT2D eigenvalue weighted by Gasteiger charge is 2.12. The summed E-state index contributed by atoms with van der Waals surface area (Å²) in [6.07, 6.45) is 9.98. The first-order valence-corrected chi connectivity index (χ1v) is 6.04. The average molecular weight is 221 g/mol. The molecule has 1 aromatic heterocycles. The van der Waals surface area contributed by atoms with Gasteiger partial charge in [0.2, 0.25) is 5.88 Å². The van der Waals surface area contributed by atoms with Crippen LogP contribution in [0.4, 0.5) is 0 Å². The highest BCUT2D eigenvalue weighted by atomic mass is 16.5. The van der Waals surface area contributed by atoms with Crippen LogP contribution in [0.2, 0.25) is 0 Å². The lowest BCUT2D eigenvalue weighted by atomic mass is 9.95. The van der Waals surface area contributed by atoms with Crippen molar-refractivity contribution in [2.24, 2.45) is 5.92 Å². The molecular formula is C12H19N3O. The van der Waals surface area contributed by atoms with E-state index >= 15 is 0 Å². The van der Waals surface area contributed by atoms with Gasteiger partial charge in [0.05, 0.1) is 12.8 Å². The van der Waals surface area contributed by atoms with Gasteiger partial charge in [0, 0.05) is 12.4 Å². The summed E-state index contributed by atoms with van der Waals surface area (Å²) in [5.74, 6) is 1.46. The summed E-state index contributed by atoms with van der Waals surface area (Å²) >= 11 is 0. The molecule has 1 aliphatic heterocycles. The third kappa shape index (κ3) is 3.77. The van der Waals surface area contributed by atoms with E-state index in [4.69, 9.17) is 4.74 Å². The van der Waals surface area contributed by atoms with Crippen molar-refractivity contribution >= 4 is 0 Å². The molecule has 0 unspecified atom stereocenters. The van der Waals surface area contributed by atoms with Crippen molar-refractivity contribution in [1.82, 2.24) is 15.3 Å². The first kappa shape index (κ1) is 11.3. The van der Waals surface area contributed by atoms with Crippen LogP contribution in [-0.2, 0) is 0 Å². The summed E-state index contributed by atoms with van der Waals surface area (Å²) < 4.78 is 5.50. The Morgan fingerprint density at radius 3 is 3.19 bits per heavy atom. The second-order valence-electron chi connectivity index (χ2n) is 4.25. The Morgan fingerprint density at radius 2 is 2.44 bits per heavy atom. The second-order valence-corrected chi connectivity index (χ2v) is 4.25. The van der Waals surface area contributed by atoms with Crippen LogP contribution < -0.4 is 10.1 Å². The maximum atomic E-state index is 5.50. The molecule has 1 aliphatic rings. The zero-order valence-electron chi connectivity index (χ0n) is 9.56. The smallest absolute Gasteiger partial charge is 0.232 e. The number of aromatic nitrogens is 2. The van der Waals surface area contributed by atoms with E-state index in [1.54, 1.807) is 18.6 Å². The van der Waals surface area contributed by atoms with E-state index in [2.05, 4.69) is 15.3 Å². The number of nitrogens with zero attached hydrogens (tertiary/aromatic N) is 2. The van der Waals surface area contributed by atoms with Gasteiger partial charge in [-0.15, -0.1) is 0 Å². The van der Waals surface area contributed by atoms with Gasteiger partial charge in [-0.2, -0.15) is 0 Å². The molecule has 0 aromatic carbocycles. The van der Waals surface area contributed by atoms with E-state index < -0.39 is 0 Å². The summed E-state index contributed by atoms with van der Waals surface area (Å²) in [6.45, 7) is 3.10. The fourth-order valence-corrected chi connectivity index (χ4v) is 2.08. The molecule has 0 amide bonds. The van der Waals surface area contributed by atoms with Gasteiger partial charge in [-0.25, -0.2) is 4.98 Å². The highest BCUT2D eigenvalue weighted by molar-refractivity contribution is 5.00.